The van der Waals surface area contributed by atoms with Gasteiger partial charge in [-0.2, -0.15) is 0 Å². The fraction of sp³-hybridized carbons (Fsp3) is 0.882. The summed E-state index contributed by atoms with van der Waals surface area (Å²) in [5, 5.41) is 76.0. The molecule has 2 saturated heterocycles. The van der Waals surface area contributed by atoms with Gasteiger partial charge in [-0.15, -0.1) is 0 Å². The number of ether oxygens (including phenoxy) is 5. The van der Waals surface area contributed by atoms with Gasteiger partial charge in [-0.1, -0.05) is 6.92 Å². The highest BCUT2D eigenvalue weighted by molar-refractivity contribution is 5.85. The Morgan fingerprint density at radius 1 is 0.896 bits per heavy atom. The van der Waals surface area contributed by atoms with E-state index in [0.29, 0.717) is 44.9 Å². The topological polar surface area (TPSA) is 222 Å². The van der Waals surface area contributed by atoms with Crippen molar-refractivity contribution in [2.45, 2.75) is 144 Å². The fourth-order valence-electron chi connectivity index (χ4n) is 11.1. The first-order valence-corrected chi connectivity index (χ1v) is 17.5. The third-order valence-electron chi connectivity index (χ3n) is 13.7. The smallest absolute Gasteiger partial charge is 0.331 e. The highest BCUT2D eigenvalue weighted by atomic mass is 16.8. The van der Waals surface area contributed by atoms with Crippen molar-refractivity contribution in [3.63, 3.8) is 0 Å². The van der Waals surface area contributed by atoms with Crippen LogP contribution in [0.2, 0.25) is 0 Å². The average Bonchev–Trinajstić information content (AvgIpc) is 3.69. The van der Waals surface area contributed by atoms with Gasteiger partial charge in [0.1, 0.15) is 49.5 Å². The molecule has 3 aliphatic heterocycles. The maximum atomic E-state index is 13.1. The SMILES string of the molecule is CC1OC(OC2CCC3(C=O)C4CCC5(C)C(C6=CC(=O)OC6)CCC5(O)C4CCC3(O)C2)C(O)C1OC1OC(CO)C(O)C(O)C1O. The Kier molecular flexibility index (Phi) is 8.93. The number of hydrogen-bond acceptors (Lipinski definition) is 14. The Hall–Kier alpha value is -1.56. The molecule has 17 atom stereocenters. The van der Waals surface area contributed by atoms with Crippen molar-refractivity contribution in [2.75, 3.05) is 13.2 Å². The molecule has 48 heavy (non-hydrogen) atoms. The van der Waals surface area contributed by atoms with E-state index in [1.165, 1.54) is 0 Å². The second-order valence-electron chi connectivity index (χ2n) is 15.7. The molecule has 14 heteroatoms. The summed E-state index contributed by atoms with van der Waals surface area (Å²) in [6.45, 7) is 3.37. The van der Waals surface area contributed by atoms with Gasteiger partial charge in [-0.05, 0) is 81.6 Å². The first-order chi connectivity index (χ1) is 22.7. The highest BCUT2D eigenvalue weighted by Crippen LogP contribution is 2.70. The maximum absolute atomic E-state index is 13.1. The molecule has 4 saturated carbocycles. The van der Waals surface area contributed by atoms with Crippen LogP contribution in [0.4, 0.5) is 0 Å². The molecule has 17 unspecified atom stereocenters. The fourth-order valence-corrected chi connectivity index (χ4v) is 11.1. The second-order valence-corrected chi connectivity index (χ2v) is 15.7. The summed E-state index contributed by atoms with van der Waals surface area (Å²) in [6, 6.07) is 0. The third-order valence-corrected chi connectivity index (χ3v) is 13.7. The molecule has 0 aromatic heterocycles. The Morgan fingerprint density at radius 3 is 2.31 bits per heavy atom. The van der Waals surface area contributed by atoms with E-state index in [1.54, 1.807) is 13.0 Å². The Bertz CT molecular complexity index is 1290. The molecule has 7 N–H and O–H groups in total. The van der Waals surface area contributed by atoms with E-state index >= 15 is 0 Å². The molecule has 270 valence electrons. The van der Waals surface area contributed by atoms with Crippen LogP contribution in [0.3, 0.4) is 0 Å². The molecule has 0 spiro atoms. The van der Waals surface area contributed by atoms with Gasteiger partial charge >= 0.3 is 5.97 Å². The van der Waals surface area contributed by atoms with E-state index in [-0.39, 0.29) is 36.8 Å². The number of hydrogen-bond donors (Lipinski definition) is 7. The molecule has 7 aliphatic rings. The lowest BCUT2D eigenvalue weighted by Crippen LogP contribution is -2.69. The standard InChI is InChI=1S/C34H50O14/c1-16-28(48-29-26(40)25(39)24(38)22(13-35)47-29)27(41)30(45-16)46-18-3-8-32(15-36)20-4-7-31(2)19(17-11-23(37)44-14-17)6-10-34(31,43)21(20)5-9-33(32,42)12-18/h11,15-16,18-22,24-30,35,38-43H,3-10,12-14H2,1-2H3. The van der Waals surface area contributed by atoms with Crippen LogP contribution in [0.1, 0.15) is 71.6 Å². The molecule has 0 aromatic rings. The maximum Gasteiger partial charge on any atom is 0.331 e. The molecule has 0 bridgehead atoms. The number of esters is 1. The van der Waals surface area contributed by atoms with Crippen LogP contribution in [0, 0.1) is 28.6 Å². The zero-order valence-electron chi connectivity index (χ0n) is 27.4. The summed E-state index contributed by atoms with van der Waals surface area (Å²) in [6.07, 6.45) is -5.51. The first-order valence-electron chi connectivity index (χ1n) is 17.5. The molecule has 7 rings (SSSR count). The molecular weight excluding hydrogens is 632 g/mol. The summed E-state index contributed by atoms with van der Waals surface area (Å²) < 4.78 is 28.6. The number of fused-ring (bicyclic) bond motifs is 5. The van der Waals surface area contributed by atoms with Crippen LogP contribution in [-0.4, -0.2) is 134 Å². The van der Waals surface area contributed by atoms with Crippen molar-refractivity contribution >= 4 is 12.3 Å². The summed E-state index contributed by atoms with van der Waals surface area (Å²) in [5.74, 6) is -0.752. The van der Waals surface area contributed by atoms with Crippen LogP contribution in [0.5, 0.6) is 0 Å². The summed E-state index contributed by atoms with van der Waals surface area (Å²) in [5.41, 5.74) is -3.07. The average molecular weight is 683 g/mol. The Balaban J connectivity index is 1.03. The zero-order valence-corrected chi connectivity index (χ0v) is 27.4. The van der Waals surface area contributed by atoms with Gasteiger partial charge in [0.2, 0.25) is 0 Å². The normalized spacial score (nSPS) is 55.0. The van der Waals surface area contributed by atoms with Crippen molar-refractivity contribution in [2.24, 2.45) is 28.6 Å². The number of aliphatic hydroxyl groups is 7. The molecule has 14 nitrogen and oxygen atoms in total. The number of carbonyl (C=O) groups excluding carboxylic acids is 2. The first kappa shape index (κ1) is 34.9. The lowest BCUT2D eigenvalue weighted by Gasteiger charge is -2.65. The zero-order chi connectivity index (χ0) is 34.4. The van der Waals surface area contributed by atoms with Gasteiger partial charge in [-0.25, -0.2) is 4.79 Å². The molecule has 4 aliphatic carbocycles. The van der Waals surface area contributed by atoms with Crippen LogP contribution in [0.25, 0.3) is 0 Å². The molecule has 0 amide bonds. The number of aldehydes is 1. The van der Waals surface area contributed by atoms with E-state index < -0.39 is 90.1 Å². The van der Waals surface area contributed by atoms with Crippen molar-refractivity contribution in [1.82, 2.24) is 0 Å². The van der Waals surface area contributed by atoms with Gasteiger partial charge in [-0.3, -0.25) is 0 Å². The van der Waals surface area contributed by atoms with E-state index in [4.69, 9.17) is 23.7 Å². The minimum atomic E-state index is -1.65. The van der Waals surface area contributed by atoms with Gasteiger partial charge in [0, 0.05) is 17.9 Å². The molecule has 3 heterocycles. The number of cyclic esters (lactones) is 1. The minimum Gasteiger partial charge on any atom is -0.458 e. The van der Waals surface area contributed by atoms with E-state index in [2.05, 4.69) is 6.92 Å². The monoisotopic (exact) mass is 682 g/mol. The predicted molar refractivity (Wildman–Crippen MR) is 161 cm³/mol. The van der Waals surface area contributed by atoms with Gasteiger partial charge in [0.05, 0.1) is 35.4 Å². The van der Waals surface area contributed by atoms with Gasteiger partial charge in [0.25, 0.3) is 0 Å². The van der Waals surface area contributed by atoms with Crippen molar-refractivity contribution < 1.29 is 69.0 Å². The number of aliphatic hydroxyl groups excluding tert-OH is 5. The Labute approximate surface area is 279 Å². The van der Waals surface area contributed by atoms with Crippen LogP contribution < -0.4 is 0 Å². The number of carbonyl (C=O) groups is 2. The van der Waals surface area contributed by atoms with Crippen LogP contribution >= 0.6 is 0 Å². The lowest BCUT2D eigenvalue weighted by atomic mass is 9.41. The van der Waals surface area contributed by atoms with Crippen LogP contribution in [0.15, 0.2) is 11.6 Å². The van der Waals surface area contributed by atoms with E-state index in [1.807, 2.05) is 0 Å². The largest absolute Gasteiger partial charge is 0.458 e. The third kappa shape index (κ3) is 5.01. The summed E-state index contributed by atoms with van der Waals surface area (Å²) in [4.78, 5) is 25.0. The van der Waals surface area contributed by atoms with E-state index in [9.17, 15) is 45.3 Å². The summed E-state index contributed by atoms with van der Waals surface area (Å²) in [7, 11) is 0. The molecule has 0 radical (unpaired) electrons. The van der Waals surface area contributed by atoms with Crippen molar-refractivity contribution in [3.8, 4) is 0 Å². The lowest BCUT2D eigenvalue weighted by molar-refractivity contribution is -0.317. The van der Waals surface area contributed by atoms with Crippen LogP contribution in [-0.2, 0) is 33.3 Å². The van der Waals surface area contributed by atoms with Gasteiger partial charge in [0.15, 0.2) is 12.6 Å². The minimum absolute atomic E-state index is 0.0146. The molecule has 0 aromatic carbocycles. The molecule has 6 fully saturated rings. The van der Waals surface area contributed by atoms with Gasteiger partial charge < -0.3 is 64.2 Å². The Morgan fingerprint density at radius 2 is 1.62 bits per heavy atom. The van der Waals surface area contributed by atoms with Crippen molar-refractivity contribution in [1.29, 1.82) is 0 Å². The number of rotatable bonds is 7. The highest BCUT2D eigenvalue weighted by Gasteiger charge is 2.71. The molecular formula is C34H50O14. The summed E-state index contributed by atoms with van der Waals surface area (Å²) >= 11 is 0. The van der Waals surface area contributed by atoms with E-state index in [0.717, 1.165) is 18.3 Å². The quantitative estimate of drug-likeness (QED) is 0.129. The van der Waals surface area contributed by atoms with Crippen molar-refractivity contribution in [3.05, 3.63) is 11.6 Å². The second kappa shape index (κ2) is 12.3. The predicted octanol–water partition coefficient (Wildman–Crippen LogP) is -0.787.